The van der Waals surface area contributed by atoms with Gasteiger partial charge in [-0.25, -0.2) is 19.9 Å². The van der Waals surface area contributed by atoms with E-state index in [2.05, 4.69) is 109 Å². The van der Waals surface area contributed by atoms with Crippen LogP contribution in [0, 0.1) is 0 Å². The third-order valence-electron chi connectivity index (χ3n) is 9.12. The number of ether oxygens (including phenoxy) is 1. The minimum Gasteiger partial charge on any atom is -0.497 e. The number of aromatic nitrogens is 8. The number of benzene rings is 5. The normalized spacial score (nSPS) is 9.83. The van der Waals surface area contributed by atoms with E-state index in [9.17, 15) is 0 Å². The van der Waals surface area contributed by atoms with Crippen LogP contribution in [-0.2, 0) is 32.7 Å². The van der Waals surface area contributed by atoms with Crippen LogP contribution in [0.3, 0.4) is 0 Å². The van der Waals surface area contributed by atoms with Crippen molar-refractivity contribution in [2.75, 3.05) is 28.0 Å². The van der Waals surface area contributed by atoms with Crippen molar-refractivity contribution in [3.63, 3.8) is 0 Å². The Hall–Kier alpha value is -6.90. The van der Waals surface area contributed by atoms with Crippen molar-refractivity contribution >= 4 is 70.8 Å². The Morgan fingerprint density at radius 1 is 0.538 bits per heavy atom. The molecule has 338 valence electrons. The van der Waals surface area contributed by atoms with E-state index in [0.717, 1.165) is 71.8 Å². The summed E-state index contributed by atoms with van der Waals surface area (Å²) in [5.74, 6) is 0.861. The number of aromatic amines is 4. The Labute approximate surface area is 401 Å². The van der Waals surface area contributed by atoms with Crippen LogP contribution in [0.5, 0.6) is 5.75 Å². The van der Waals surface area contributed by atoms with Gasteiger partial charge in [0.2, 0.25) is 0 Å². The predicted molar refractivity (Wildman–Crippen MR) is 269 cm³/mol. The largest absolute Gasteiger partial charge is 0.497 e. The van der Waals surface area contributed by atoms with E-state index in [-0.39, 0.29) is 24.8 Å². The topological polar surface area (TPSA) is 163 Å². The van der Waals surface area contributed by atoms with Gasteiger partial charge >= 0.3 is 0 Å². The van der Waals surface area contributed by atoms with E-state index < -0.39 is 0 Å². The maximum absolute atomic E-state index is 5.88. The number of H-pyrrole nitrogens is 4. The maximum atomic E-state index is 5.88. The summed E-state index contributed by atoms with van der Waals surface area (Å²) < 4.78 is 5.07. The van der Waals surface area contributed by atoms with E-state index >= 15 is 0 Å². The van der Waals surface area contributed by atoms with Gasteiger partial charge in [0.25, 0.3) is 0 Å². The Balaban J connectivity index is 0.000000190. The zero-order valence-corrected chi connectivity index (χ0v) is 38.7. The lowest BCUT2D eigenvalue weighted by Gasteiger charge is -2.24. The van der Waals surface area contributed by atoms with Gasteiger partial charge in [-0.15, -0.1) is 24.8 Å². The van der Waals surface area contributed by atoms with Gasteiger partial charge in [-0.1, -0.05) is 89.9 Å². The second kappa shape index (κ2) is 28.7. The molecule has 9 aromatic rings. The molecule has 0 atom stereocenters. The minimum absolute atomic E-state index is 0. The van der Waals surface area contributed by atoms with Crippen LogP contribution in [-0.4, -0.2) is 47.0 Å². The van der Waals surface area contributed by atoms with Gasteiger partial charge in [0, 0.05) is 54.1 Å². The Morgan fingerprint density at radius 2 is 1.03 bits per heavy atom. The average molecular weight is 955 g/mol. The smallest absolute Gasteiger partial charge is 0.119 e. The fourth-order valence-electron chi connectivity index (χ4n) is 5.87. The highest BCUT2D eigenvalue weighted by Gasteiger charge is 2.09. The number of nitrogens with one attached hydrogen (secondary N) is 7. The quantitative estimate of drug-likeness (QED) is 0.0530. The van der Waals surface area contributed by atoms with Crippen LogP contribution in [0.25, 0.3) is 0 Å². The van der Waals surface area contributed by atoms with Crippen molar-refractivity contribution in [1.82, 2.24) is 39.9 Å². The van der Waals surface area contributed by atoms with E-state index in [4.69, 9.17) is 27.9 Å². The van der Waals surface area contributed by atoms with E-state index in [1.54, 1.807) is 44.6 Å². The van der Waals surface area contributed by atoms with E-state index in [1.165, 1.54) is 11.3 Å². The zero-order chi connectivity index (χ0) is 43.7. The number of rotatable bonds is 15. The third-order valence-corrected chi connectivity index (χ3v) is 9.86. The summed E-state index contributed by atoms with van der Waals surface area (Å²) in [4.78, 5) is 30.6. The highest BCUT2D eigenvalue weighted by atomic mass is 35.5. The van der Waals surface area contributed by atoms with Gasteiger partial charge in [-0.3, -0.25) is 0 Å². The molecule has 4 aromatic heterocycles. The summed E-state index contributed by atoms with van der Waals surface area (Å²) in [6.07, 6.45) is 14.2. The molecule has 13 nitrogen and oxygen atoms in total. The average Bonchev–Trinajstić information content (AvgIpc) is 4.21. The molecule has 0 saturated carbocycles. The van der Waals surface area contributed by atoms with Crippen molar-refractivity contribution in [3.05, 3.63) is 222 Å². The van der Waals surface area contributed by atoms with E-state index in [0.29, 0.717) is 16.6 Å². The summed E-state index contributed by atoms with van der Waals surface area (Å²) in [6, 6.07) is 44.3. The van der Waals surface area contributed by atoms with Gasteiger partial charge in [0.15, 0.2) is 0 Å². The van der Waals surface area contributed by atoms with Crippen LogP contribution >= 0.6 is 48.0 Å². The molecule has 65 heavy (non-hydrogen) atoms. The van der Waals surface area contributed by atoms with Crippen LogP contribution in [0.4, 0.5) is 22.7 Å². The molecule has 0 spiro atoms. The highest BCUT2D eigenvalue weighted by molar-refractivity contribution is 6.42. The highest BCUT2D eigenvalue weighted by Crippen LogP contribution is 2.25. The molecule has 0 unspecified atom stereocenters. The molecule has 0 saturated heterocycles. The first-order valence-electron chi connectivity index (χ1n) is 20.1. The number of anilines is 4. The Kier molecular flexibility index (Phi) is 22.4. The molecule has 0 radical (unpaired) electrons. The number of halogens is 4. The first kappa shape index (κ1) is 50.7. The molecule has 0 bridgehead atoms. The molecule has 0 amide bonds. The summed E-state index contributed by atoms with van der Waals surface area (Å²) >= 11 is 11.7. The second-order valence-corrected chi connectivity index (χ2v) is 14.5. The second-order valence-electron chi connectivity index (χ2n) is 13.7. The Morgan fingerprint density at radius 3 is 1.51 bits per heavy atom. The monoisotopic (exact) mass is 952 g/mol. The number of para-hydroxylation sites is 2. The number of imidazole rings is 4. The number of methoxy groups -OCH3 is 1. The van der Waals surface area contributed by atoms with Crippen LogP contribution in [0.1, 0.15) is 28.3 Å². The van der Waals surface area contributed by atoms with Crippen LogP contribution in [0.2, 0.25) is 10.0 Å². The molecule has 0 aliphatic carbocycles. The fraction of sp³-hybridized carbons (Fsp3) is 0.125. The fourth-order valence-corrected chi connectivity index (χ4v) is 6.17. The number of hydrogen-bond acceptors (Lipinski definition) is 9. The van der Waals surface area contributed by atoms with Gasteiger partial charge in [-0.2, -0.15) is 0 Å². The SMILES string of the molecule is COc1ccc(NCc2c[nH]cn2)cc1.Cl.Cl.Clc1ccc(NCc2c[nH]cn2)cc1Cl.c1ccc(CN(Cc2cnc[nH]2)c2ccccc2)cc1.c1ccc(NCc2c[nH]cn2)cc1. The summed E-state index contributed by atoms with van der Waals surface area (Å²) in [5, 5.41) is 10.8. The summed E-state index contributed by atoms with van der Waals surface area (Å²) in [7, 11) is 1.66. The molecule has 0 aliphatic heterocycles. The minimum atomic E-state index is 0. The number of hydrogen-bond donors (Lipinski definition) is 7. The number of nitrogens with zero attached hydrogens (tertiary/aromatic N) is 5. The van der Waals surface area contributed by atoms with Gasteiger partial charge in [-0.05, 0) is 72.3 Å². The molecule has 4 heterocycles. The maximum Gasteiger partial charge on any atom is 0.119 e. The molecular weight excluding hydrogens is 902 g/mol. The summed E-state index contributed by atoms with van der Waals surface area (Å²) in [5.41, 5.74) is 9.68. The molecule has 5 aromatic carbocycles. The predicted octanol–water partition coefficient (Wildman–Crippen LogP) is 11.8. The standard InChI is InChI=1S/C17H17N3.C11H13N3O.C10H9Cl2N3.C10H11N3.2ClH/c1-3-7-15(8-4-1)12-20(13-16-11-18-14-19-16)17-9-5-2-6-10-17;1-15-11-4-2-9(3-5-11)13-7-10-6-12-8-14-10;11-9-2-1-7(3-10(9)12)14-5-8-4-13-6-15-8;1-2-4-9(5-3-1)12-7-10-6-11-8-13-10;;/h1-11,14H,12-13H2,(H,18,19);2-6,8,13H,7H2,1H3,(H,12,14);1-4,6,14H,5H2,(H,13,15);1-6,8,12H,7H2,(H,11,13);2*1H. The van der Waals surface area contributed by atoms with Crippen LogP contribution in [0.15, 0.2) is 184 Å². The van der Waals surface area contributed by atoms with Crippen molar-refractivity contribution in [2.24, 2.45) is 0 Å². The van der Waals surface area contributed by atoms with Crippen molar-refractivity contribution in [2.45, 2.75) is 32.7 Å². The first-order chi connectivity index (χ1) is 31.0. The molecule has 0 fully saturated rings. The first-order valence-corrected chi connectivity index (χ1v) is 20.9. The van der Waals surface area contributed by atoms with Crippen molar-refractivity contribution < 1.29 is 4.74 Å². The van der Waals surface area contributed by atoms with Gasteiger partial charge in [0.05, 0.1) is 91.4 Å². The molecule has 17 heteroatoms. The van der Waals surface area contributed by atoms with E-state index in [1.807, 2.05) is 97.6 Å². The molecular formula is C48H52Cl4N12O. The molecule has 0 aliphatic rings. The lowest BCUT2D eigenvalue weighted by atomic mass is 10.2. The third kappa shape index (κ3) is 18.4. The summed E-state index contributed by atoms with van der Waals surface area (Å²) in [6.45, 7) is 3.83. The lowest BCUT2D eigenvalue weighted by Crippen LogP contribution is -2.22. The van der Waals surface area contributed by atoms with Crippen molar-refractivity contribution in [3.8, 4) is 5.75 Å². The van der Waals surface area contributed by atoms with Crippen molar-refractivity contribution in [1.29, 1.82) is 0 Å². The lowest BCUT2D eigenvalue weighted by molar-refractivity contribution is 0.415. The molecule has 9 rings (SSSR count). The van der Waals surface area contributed by atoms with Crippen LogP contribution < -0.4 is 25.6 Å². The van der Waals surface area contributed by atoms with Gasteiger partial charge in [0.1, 0.15) is 5.75 Å². The zero-order valence-electron chi connectivity index (χ0n) is 35.6. The molecule has 7 N–H and O–H groups in total. The Bertz CT molecular complexity index is 2520. The van der Waals surface area contributed by atoms with Gasteiger partial charge < -0.3 is 45.5 Å².